The molecule has 2 aliphatic rings. The molecule has 2 fully saturated rings. The van der Waals surface area contributed by atoms with Crippen LogP contribution in [0.5, 0.6) is 0 Å². The summed E-state index contributed by atoms with van der Waals surface area (Å²) in [6.07, 6.45) is 2.66. The third kappa shape index (κ3) is 3.93. The summed E-state index contributed by atoms with van der Waals surface area (Å²) in [5.74, 6) is 1.73. The zero-order chi connectivity index (χ0) is 18.9. The van der Waals surface area contributed by atoms with Crippen molar-refractivity contribution in [2.45, 2.75) is 32.2 Å². The van der Waals surface area contributed by atoms with Crippen LogP contribution in [0.2, 0.25) is 0 Å². The Morgan fingerprint density at radius 1 is 0.964 bits per heavy atom. The quantitative estimate of drug-likeness (QED) is 0.655. The Hall–Kier alpha value is -2.31. The normalized spacial score (nSPS) is 17.8. The lowest BCUT2D eigenvalue weighted by atomic mass is 10.1. The van der Waals surface area contributed by atoms with Crippen LogP contribution in [0.4, 0.5) is 5.82 Å². The molecule has 0 unspecified atom stereocenters. The number of hydrogen-bond acceptors (Lipinski definition) is 6. The van der Waals surface area contributed by atoms with Crippen molar-refractivity contribution in [2.75, 3.05) is 31.1 Å². The molecule has 0 N–H and O–H groups in total. The van der Waals surface area contributed by atoms with E-state index in [0.717, 1.165) is 55.7 Å². The molecule has 144 valence electrons. The minimum atomic E-state index is 0.761. The maximum absolute atomic E-state index is 4.83. The van der Waals surface area contributed by atoms with Gasteiger partial charge in [-0.1, -0.05) is 29.8 Å². The highest BCUT2D eigenvalue weighted by Gasteiger charge is 2.27. The highest BCUT2D eigenvalue weighted by atomic mass is 32.1. The van der Waals surface area contributed by atoms with Gasteiger partial charge in [-0.2, -0.15) is 0 Å². The number of aryl methyl sites for hydroxylation is 1. The van der Waals surface area contributed by atoms with E-state index in [-0.39, 0.29) is 0 Å². The SMILES string of the molecule is Cc1ccc(-c2ccc(N3CCN(Cc4csc(C5CC5)n4)CC3)nn2)cc1. The third-order valence-electron chi connectivity index (χ3n) is 5.58. The molecule has 6 heteroatoms. The average Bonchev–Trinajstić information content (AvgIpc) is 3.49. The molecule has 0 atom stereocenters. The summed E-state index contributed by atoms with van der Waals surface area (Å²) in [6.45, 7) is 7.11. The predicted octanol–water partition coefficient (Wildman–Crippen LogP) is 4.11. The number of aromatic nitrogens is 3. The van der Waals surface area contributed by atoms with Gasteiger partial charge in [0.25, 0.3) is 0 Å². The largest absolute Gasteiger partial charge is 0.353 e. The van der Waals surface area contributed by atoms with E-state index >= 15 is 0 Å². The van der Waals surface area contributed by atoms with Gasteiger partial charge < -0.3 is 4.90 Å². The Bertz CT molecular complexity index is 922. The van der Waals surface area contributed by atoms with Crippen LogP contribution in [0.15, 0.2) is 41.8 Å². The monoisotopic (exact) mass is 391 g/mol. The lowest BCUT2D eigenvalue weighted by Gasteiger charge is -2.34. The zero-order valence-electron chi connectivity index (χ0n) is 16.2. The van der Waals surface area contributed by atoms with E-state index in [4.69, 9.17) is 4.98 Å². The second kappa shape index (κ2) is 7.60. The highest BCUT2D eigenvalue weighted by molar-refractivity contribution is 7.09. The summed E-state index contributed by atoms with van der Waals surface area (Å²) in [5, 5.41) is 12.5. The smallest absolute Gasteiger partial charge is 0.151 e. The second-order valence-electron chi connectivity index (χ2n) is 7.86. The lowest BCUT2D eigenvalue weighted by Crippen LogP contribution is -2.46. The molecule has 3 heterocycles. The first kappa shape index (κ1) is 17.8. The minimum Gasteiger partial charge on any atom is -0.353 e. The molecule has 2 aromatic heterocycles. The van der Waals surface area contributed by atoms with Crippen molar-refractivity contribution in [3.63, 3.8) is 0 Å². The molecule has 1 aliphatic carbocycles. The van der Waals surface area contributed by atoms with Crippen molar-refractivity contribution in [1.82, 2.24) is 20.1 Å². The fraction of sp³-hybridized carbons (Fsp3) is 0.409. The van der Waals surface area contributed by atoms with E-state index in [1.165, 1.54) is 29.1 Å². The zero-order valence-corrected chi connectivity index (χ0v) is 17.0. The van der Waals surface area contributed by atoms with Crippen LogP contribution in [0, 0.1) is 6.92 Å². The van der Waals surface area contributed by atoms with E-state index in [2.05, 4.69) is 68.7 Å². The molecular formula is C22H25N5S. The minimum absolute atomic E-state index is 0.761. The van der Waals surface area contributed by atoms with Gasteiger partial charge in [0.15, 0.2) is 5.82 Å². The number of thiazole rings is 1. The van der Waals surface area contributed by atoms with E-state index in [0.29, 0.717) is 0 Å². The first-order valence-electron chi connectivity index (χ1n) is 10.1. The molecule has 1 saturated heterocycles. The molecule has 0 spiro atoms. The molecule has 28 heavy (non-hydrogen) atoms. The van der Waals surface area contributed by atoms with Crippen LogP contribution in [-0.2, 0) is 6.54 Å². The first-order valence-corrected chi connectivity index (χ1v) is 10.9. The Balaban J connectivity index is 1.17. The summed E-state index contributed by atoms with van der Waals surface area (Å²) in [4.78, 5) is 9.66. The van der Waals surface area contributed by atoms with Gasteiger partial charge in [-0.25, -0.2) is 4.98 Å². The van der Waals surface area contributed by atoms with Gasteiger partial charge >= 0.3 is 0 Å². The molecule has 1 aliphatic heterocycles. The lowest BCUT2D eigenvalue weighted by molar-refractivity contribution is 0.247. The number of hydrogen-bond donors (Lipinski definition) is 0. The summed E-state index contributed by atoms with van der Waals surface area (Å²) in [7, 11) is 0. The molecule has 1 aromatic carbocycles. The van der Waals surface area contributed by atoms with Crippen LogP contribution in [0.25, 0.3) is 11.3 Å². The third-order valence-corrected chi connectivity index (χ3v) is 6.63. The topological polar surface area (TPSA) is 45.2 Å². The fourth-order valence-corrected chi connectivity index (χ4v) is 4.63. The Morgan fingerprint density at radius 3 is 2.43 bits per heavy atom. The first-order chi connectivity index (χ1) is 13.7. The Labute approximate surface area is 170 Å². The summed E-state index contributed by atoms with van der Waals surface area (Å²) < 4.78 is 0. The van der Waals surface area contributed by atoms with E-state index < -0.39 is 0 Å². The Morgan fingerprint density at radius 2 is 1.75 bits per heavy atom. The van der Waals surface area contributed by atoms with Gasteiger partial charge in [-0.05, 0) is 31.9 Å². The van der Waals surface area contributed by atoms with Crippen LogP contribution >= 0.6 is 11.3 Å². The molecular weight excluding hydrogens is 366 g/mol. The van der Waals surface area contributed by atoms with Crippen molar-refractivity contribution >= 4 is 17.2 Å². The number of rotatable bonds is 5. The van der Waals surface area contributed by atoms with E-state index in [1.54, 1.807) is 0 Å². The standard InChI is InChI=1S/C22H25N5S/c1-16-2-4-17(5-3-16)20-8-9-21(25-24-20)27-12-10-26(11-13-27)14-19-15-28-22(23-19)18-6-7-18/h2-5,8-9,15,18H,6-7,10-14H2,1H3. The maximum atomic E-state index is 4.83. The maximum Gasteiger partial charge on any atom is 0.151 e. The number of piperazine rings is 1. The van der Waals surface area contributed by atoms with Crippen molar-refractivity contribution in [3.8, 4) is 11.3 Å². The molecule has 3 aromatic rings. The number of nitrogens with zero attached hydrogens (tertiary/aromatic N) is 5. The van der Waals surface area contributed by atoms with Crippen LogP contribution in [0.1, 0.15) is 35.0 Å². The molecule has 0 bridgehead atoms. The van der Waals surface area contributed by atoms with Gasteiger partial charge in [0.05, 0.1) is 16.4 Å². The predicted molar refractivity (Wildman–Crippen MR) is 114 cm³/mol. The van der Waals surface area contributed by atoms with Crippen LogP contribution in [0.3, 0.4) is 0 Å². The fourth-order valence-electron chi connectivity index (χ4n) is 3.65. The molecule has 5 nitrogen and oxygen atoms in total. The average molecular weight is 392 g/mol. The van der Waals surface area contributed by atoms with E-state index in [1.807, 2.05) is 11.3 Å². The van der Waals surface area contributed by atoms with Crippen molar-refractivity contribution in [1.29, 1.82) is 0 Å². The van der Waals surface area contributed by atoms with Crippen LogP contribution < -0.4 is 4.90 Å². The highest BCUT2D eigenvalue weighted by Crippen LogP contribution is 2.41. The molecule has 5 rings (SSSR count). The van der Waals surface area contributed by atoms with Gasteiger partial charge in [0.1, 0.15) is 0 Å². The summed E-state index contributed by atoms with van der Waals surface area (Å²) in [5.41, 5.74) is 4.54. The second-order valence-corrected chi connectivity index (χ2v) is 8.75. The Kier molecular flexibility index (Phi) is 4.82. The van der Waals surface area contributed by atoms with Crippen molar-refractivity contribution in [2.24, 2.45) is 0 Å². The van der Waals surface area contributed by atoms with Crippen molar-refractivity contribution in [3.05, 3.63) is 58.0 Å². The van der Waals surface area contributed by atoms with Gasteiger partial charge in [0.2, 0.25) is 0 Å². The van der Waals surface area contributed by atoms with Gasteiger partial charge in [-0.15, -0.1) is 21.5 Å². The van der Waals surface area contributed by atoms with Gasteiger partial charge in [-0.3, -0.25) is 4.90 Å². The van der Waals surface area contributed by atoms with Crippen molar-refractivity contribution < 1.29 is 0 Å². The van der Waals surface area contributed by atoms with Gasteiger partial charge in [0, 0.05) is 49.6 Å². The number of anilines is 1. The van der Waals surface area contributed by atoms with Crippen LogP contribution in [-0.4, -0.2) is 46.3 Å². The molecule has 0 radical (unpaired) electrons. The molecule has 0 amide bonds. The summed E-state index contributed by atoms with van der Waals surface area (Å²) >= 11 is 1.84. The molecule has 1 saturated carbocycles. The number of benzene rings is 1. The summed E-state index contributed by atoms with van der Waals surface area (Å²) in [6, 6.07) is 12.6. The van der Waals surface area contributed by atoms with E-state index in [9.17, 15) is 0 Å².